The molecule has 1 N–H and O–H groups in total. The molecule has 2 rings (SSSR count). The van der Waals surface area contributed by atoms with Crippen LogP contribution in [0.2, 0.25) is 0 Å². The second-order valence-corrected chi connectivity index (χ2v) is 5.57. The molecule has 1 fully saturated rings. The Morgan fingerprint density at radius 1 is 1.35 bits per heavy atom. The standard InChI is InChI=1S/C15H22F2N2O/c1-10(2)18-8-11-6-13(16)15(14(17)7-11)19(3)12-4-5-20-9-12/h6-7,10,12,18H,4-5,8-9H2,1-3H3. The summed E-state index contributed by atoms with van der Waals surface area (Å²) in [4.78, 5) is 1.65. The van der Waals surface area contributed by atoms with Gasteiger partial charge in [-0.3, -0.25) is 0 Å². The molecule has 1 aliphatic heterocycles. The van der Waals surface area contributed by atoms with E-state index < -0.39 is 11.6 Å². The highest BCUT2D eigenvalue weighted by atomic mass is 19.1. The Morgan fingerprint density at radius 3 is 2.50 bits per heavy atom. The Balaban J connectivity index is 2.17. The monoisotopic (exact) mass is 284 g/mol. The molecular formula is C15H22F2N2O. The van der Waals surface area contributed by atoms with Crippen molar-refractivity contribution in [2.24, 2.45) is 0 Å². The van der Waals surface area contributed by atoms with E-state index >= 15 is 0 Å². The third-order valence-corrected chi connectivity index (χ3v) is 3.60. The highest BCUT2D eigenvalue weighted by Gasteiger charge is 2.25. The lowest BCUT2D eigenvalue weighted by Crippen LogP contribution is -2.33. The van der Waals surface area contributed by atoms with Crippen LogP contribution in [0.1, 0.15) is 25.8 Å². The largest absolute Gasteiger partial charge is 0.379 e. The Bertz CT molecular complexity index is 436. The number of hydrogen-bond donors (Lipinski definition) is 1. The third kappa shape index (κ3) is 3.46. The van der Waals surface area contributed by atoms with Gasteiger partial charge in [0.25, 0.3) is 0 Å². The Labute approximate surface area is 118 Å². The Morgan fingerprint density at radius 2 is 2.00 bits per heavy atom. The first-order valence-corrected chi connectivity index (χ1v) is 7.01. The van der Waals surface area contributed by atoms with Crippen molar-refractivity contribution in [1.29, 1.82) is 0 Å². The molecule has 1 unspecified atom stereocenters. The zero-order valence-corrected chi connectivity index (χ0v) is 12.2. The van der Waals surface area contributed by atoms with Gasteiger partial charge < -0.3 is 15.0 Å². The van der Waals surface area contributed by atoms with Crippen molar-refractivity contribution in [3.63, 3.8) is 0 Å². The molecule has 5 heteroatoms. The average Bonchev–Trinajstić information content (AvgIpc) is 2.89. The Kier molecular flexibility index (Phi) is 4.94. The zero-order chi connectivity index (χ0) is 14.7. The number of rotatable bonds is 5. The number of hydrogen-bond acceptors (Lipinski definition) is 3. The molecule has 0 amide bonds. The van der Waals surface area contributed by atoms with Crippen molar-refractivity contribution in [3.8, 4) is 0 Å². The number of ether oxygens (including phenoxy) is 1. The van der Waals surface area contributed by atoms with Gasteiger partial charge in [0, 0.05) is 26.2 Å². The number of anilines is 1. The number of nitrogens with zero attached hydrogens (tertiary/aromatic N) is 1. The van der Waals surface area contributed by atoms with E-state index in [9.17, 15) is 8.78 Å². The topological polar surface area (TPSA) is 24.5 Å². The predicted molar refractivity (Wildman–Crippen MR) is 76.0 cm³/mol. The van der Waals surface area contributed by atoms with Gasteiger partial charge in [0.15, 0.2) is 0 Å². The van der Waals surface area contributed by atoms with Crippen LogP contribution >= 0.6 is 0 Å². The lowest BCUT2D eigenvalue weighted by atomic mass is 10.1. The molecule has 0 saturated carbocycles. The lowest BCUT2D eigenvalue weighted by molar-refractivity contribution is 0.193. The van der Waals surface area contributed by atoms with Crippen molar-refractivity contribution in [2.45, 2.75) is 38.9 Å². The minimum atomic E-state index is -0.514. The zero-order valence-electron chi connectivity index (χ0n) is 12.2. The highest BCUT2D eigenvalue weighted by molar-refractivity contribution is 5.51. The molecule has 0 aliphatic carbocycles. The molecule has 0 radical (unpaired) electrons. The molecule has 3 nitrogen and oxygen atoms in total. The molecule has 1 heterocycles. The van der Waals surface area contributed by atoms with Crippen LogP contribution in [0.4, 0.5) is 14.5 Å². The minimum Gasteiger partial charge on any atom is -0.379 e. The van der Waals surface area contributed by atoms with Gasteiger partial charge in [-0.05, 0) is 24.1 Å². The summed E-state index contributed by atoms with van der Waals surface area (Å²) in [6.07, 6.45) is 0.798. The maximum atomic E-state index is 14.2. The number of benzene rings is 1. The minimum absolute atomic E-state index is 0.0359. The summed E-state index contributed by atoms with van der Waals surface area (Å²) >= 11 is 0. The molecule has 0 aromatic heterocycles. The molecule has 0 spiro atoms. The van der Waals surface area contributed by atoms with Gasteiger partial charge in [-0.25, -0.2) is 8.78 Å². The van der Waals surface area contributed by atoms with Crippen LogP contribution < -0.4 is 10.2 Å². The fourth-order valence-electron chi connectivity index (χ4n) is 2.39. The normalized spacial score (nSPS) is 18.8. The van der Waals surface area contributed by atoms with Gasteiger partial charge in [0.1, 0.15) is 17.3 Å². The second kappa shape index (κ2) is 6.50. The van der Waals surface area contributed by atoms with Gasteiger partial charge in [-0.1, -0.05) is 13.8 Å². The fourth-order valence-corrected chi connectivity index (χ4v) is 2.39. The predicted octanol–water partition coefficient (Wildman–Crippen LogP) is 2.69. The van der Waals surface area contributed by atoms with Gasteiger partial charge in [-0.2, -0.15) is 0 Å². The fraction of sp³-hybridized carbons (Fsp3) is 0.600. The maximum Gasteiger partial charge on any atom is 0.149 e. The first-order chi connectivity index (χ1) is 9.49. The summed E-state index contributed by atoms with van der Waals surface area (Å²) < 4.78 is 33.6. The second-order valence-electron chi connectivity index (χ2n) is 5.57. The molecule has 1 atom stereocenters. The number of halogens is 2. The van der Waals surface area contributed by atoms with Crippen molar-refractivity contribution < 1.29 is 13.5 Å². The molecule has 1 saturated heterocycles. The van der Waals surface area contributed by atoms with Crippen molar-refractivity contribution >= 4 is 5.69 Å². The van der Waals surface area contributed by atoms with Crippen molar-refractivity contribution in [3.05, 3.63) is 29.3 Å². The van der Waals surface area contributed by atoms with E-state index in [-0.39, 0.29) is 17.8 Å². The van der Waals surface area contributed by atoms with Crippen LogP contribution in [-0.4, -0.2) is 32.3 Å². The van der Waals surface area contributed by atoms with Crippen LogP contribution in [0.15, 0.2) is 12.1 Å². The summed E-state index contributed by atoms with van der Waals surface area (Å²) in [6, 6.07) is 3.12. The summed E-state index contributed by atoms with van der Waals surface area (Å²) in [6.45, 7) is 5.62. The van der Waals surface area contributed by atoms with Crippen LogP contribution in [0.25, 0.3) is 0 Å². The van der Waals surface area contributed by atoms with Gasteiger partial charge in [0.2, 0.25) is 0 Å². The summed E-state index contributed by atoms with van der Waals surface area (Å²) in [5.41, 5.74) is 0.655. The molecule has 1 aromatic rings. The van der Waals surface area contributed by atoms with Crippen LogP contribution in [0.3, 0.4) is 0 Å². The van der Waals surface area contributed by atoms with Crippen molar-refractivity contribution in [1.82, 2.24) is 5.32 Å². The third-order valence-electron chi connectivity index (χ3n) is 3.60. The summed E-state index contributed by atoms with van der Waals surface area (Å²) in [5, 5.41) is 3.15. The van der Waals surface area contributed by atoms with Crippen LogP contribution in [0.5, 0.6) is 0 Å². The molecule has 112 valence electrons. The summed E-state index contributed by atoms with van der Waals surface area (Å²) in [7, 11) is 1.72. The number of nitrogens with one attached hydrogen (secondary N) is 1. The smallest absolute Gasteiger partial charge is 0.149 e. The highest BCUT2D eigenvalue weighted by Crippen LogP contribution is 2.27. The van der Waals surface area contributed by atoms with E-state index in [1.807, 2.05) is 13.8 Å². The summed E-state index contributed by atoms with van der Waals surface area (Å²) in [5.74, 6) is -1.03. The van der Waals surface area contributed by atoms with E-state index in [1.165, 1.54) is 12.1 Å². The molecule has 20 heavy (non-hydrogen) atoms. The first-order valence-electron chi connectivity index (χ1n) is 7.01. The molecule has 1 aromatic carbocycles. The van der Waals surface area contributed by atoms with E-state index in [2.05, 4.69) is 5.32 Å². The van der Waals surface area contributed by atoms with E-state index in [0.717, 1.165) is 6.42 Å². The lowest BCUT2D eigenvalue weighted by Gasteiger charge is -2.26. The van der Waals surface area contributed by atoms with Crippen LogP contribution in [-0.2, 0) is 11.3 Å². The molecule has 1 aliphatic rings. The van der Waals surface area contributed by atoms with E-state index in [1.54, 1.807) is 11.9 Å². The average molecular weight is 284 g/mol. The molecular weight excluding hydrogens is 262 g/mol. The molecule has 0 bridgehead atoms. The maximum absolute atomic E-state index is 14.2. The quantitative estimate of drug-likeness (QED) is 0.899. The SMILES string of the molecule is CC(C)NCc1cc(F)c(N(C)C2CCOC2)c(F)c1. The van der Waals surface area contributed by atoms with E-state index in [0.29, 0.717) is 25.3 Å². The van der Waals surface area contributed by atoms with Gasteiger partial charge in [0.05, 0.1) is 12.6 Å². The van der Waals surface area contributed by atoms with Gasteiger partial charge in [-0.15, -0.1) is 0 Å². The number of likely N-dealkylation sites (N-methyl/N-ethyl adjacent to an activating group) is 1. The van der Waals surface area contributed by atoms with E-state index in [4.69, 9.17) is 4.74 Å². The first kappa shape index (κ1) is 15.2. The Hall–Kier alpha value is -1.20. The van der Waals surface area contributed by atoms with Crippen LogP contribution in [0, 0.1) is 11.6 Å². The van der Waals surface area contributed by atoms with Crippen molar-refractivity contribution in [2.75, 3.05) is 25.2 Å². The van der Waals surface area contributed by atoms with Gasteiger partial charge >= 0.3 is 0 Å².